The molecule has 0 unspecified atom stereocenters. The summed E-state index contributed by atoms with van der Waals surface area (Å²) < 4.78 is 25.7. The maximum Gasteiger partial charge on any atom is 0.244 e. The topological polar surface area (TPSA) is 66.5 Å². The fourth-order valence-corrected chi connectivity index (χ4v) is 4.31. The number of nitrogens with zero attached hydrogens (tertiary/aromatic N) is 1. The van der Waals surface area contributed by atoms with Crippen LogP contribution in [0.3, 0.4) is 0 Å². The lowest BCUT2D eigenvalue weighted by Crippen LogP contribution is -2.48. The van der Waals surface area contributed by atoms with Gasteiger partial charge in [-0.25, -0.2) is 8.42 Å². The third kappa shape index (κ3) is 5.37. The fourth-order valence-electron chi connectivity index (χ4n) is 2.71. The van der Waals surface area contributed by atoms with Gasteiger partial charge in [-0.05, 0) is 44.5 Å². The minimum atomic E-state index is -3.78. The van der Waals surface area contributed by atoms with Crippen LogP contribution in [0, 0.1) is 6.92 Å². The molecule has 0 heterocycles. The SMILES string of the molecule is Cc1ccc([C@@H](C)NC(=O)[C@H](C)N(c2cc(Cl)ccc2Cl)S(C)(=O)=O)cc1. The highest BCUT2D eigenvalue weighted by Crippen LogP contribution is 2.32. The summed E-state index contributed by atoms with van der Waals surface area (Å²) in [6.45, 7) is 5.33. The van der Waals surface area contributed by atoms with Crippen LogP contribution in [-0.4, -0.2) is 26.6 Å². The largest absolute Gasteiger partial charge is 0.348 e. The Bertz CT molecular complexity index is 930. The van der Waals surface area contributed by atoms with Gasteiger partial charge in [-0.3, -0.25) is 9.10 Å². The average molecular weight is 429 g/mol. The van der Waals surface area contributed by atoms with Gasteiger partial charge in [0.2, 0.25) is 15.9 Å². The molecule has 0 spiro atoms. The van der Waals surface area contributed by atoms with Gasteiger partial charge in [0.05, 0.1) is 23.0 Å². The van der Waals surface area contributed by atoms with E-state index in [1.807, 2.05) is 38.1 Å². The van der Waals surface area contributed by atoms with Crippen molar-refractivity contribution in [3.8, 4) is 0 Å². The number of nitrogens with one attached hydrogen (secondary N) is 1. The van der Waals surface area contributed by atoms with E-state index in [2.05, 4.69) is 5.32 Å². The monoisotopic (exact) mass is 428 g/mol. The molecule has 0 saturated heterocycles. The second-order valence-corrected chi connectivity index (χ2v) is 9.17. The van der Waals surface area contributed by atoms with Gasteiger partial charge in [-0.2, -0.15) is 0 Å². The van der Waals surface area contributed by atoms with E-state index in [4.69, 9.17) is 23.2 Å². The van der Waals surface area contributed by atoms with Gasteiger partial charge in [0.25, 0.3) is 0 Å². The second kappa shape index (κ2) is 8.50. The number of benzene rings is 2. The molecule has 8 heteroatoms. The molecule has 2 aromatic carbocycles. The van der Waals surface area contributed by atoms with Crippen molar-refractivity contribution in [2.24, 2.45) is 0 Å². The van der Waals surface area contributed by atoms with Crippen molar-refractivity contribution >= 4 is 44.8 Å². The molecule has 27 heavy (non-hydrogen) atoms. The molecule has 0 aliphatic heterocycles. The van der Waals surface area contributed by atoms with E-state index in [9.17, 15) is 13.2 Å². The number of amides is 1. The van der Waals surface area contributed by atoms with E-state index >= 15 is 0 Å². The molecule has 146 valence electrons. The highest BCUT2D eigenvalue weighted by molar-refractivity contribution is 7.92. The summed E-state index contributed by atoms with van der Waals surface area (Å²) in [7, 11) is -3.78. The molecule has 5 nitrogen and oxygen atoms in total. The van der Waals surface area contributed by atoms with Gasteiger partial charge in [0, 0.05) is 5.02 Å². The Balaban J connectivity index is 2.30. The Morgan fingerprint density at radius 3 is 2.22 bits per heavy atom. The molecule has 2 atom stereocenters. The number of hydrogen-bond donors (Lipinski definition) is 1. The Kier molecular flexibility index (Phi) is 6.78. The molecular formula is C19H22Cl2N2O3S. The van der Waals surface area contributed by atoms with Crippen LogP contribution >= 0.6 is 23.2 Å². The minimum absolute atomic E-state index is 0.164. The smallest absolute Gasteiger partial charge is 0.244 e. The molecule has 2 aromatic rings. The molecule has 2 rings (SSSR count). The van der Waals surface area contributed by atoms with Crippen LogP contribution < -0.4 is 9.62 Å². The minimum Gasteiger partial charge on any atom is -0.348 e. The lowest BCUT2D eigenvalue weighted by molar-refractivity contribution is -0.122. The molecule has 0 radical (unpaired) electrons. The molecule has 0 aliphatic carbocycles. The van der Waals surface area contributed by atoms with E-state index in [1.54, 1.807) is 6.07 Å². The van der Waals surface area contributed by atoms with Gasteiger partial charge in [-0.15, -0.1) is 0 Å². The highest BCUT2D eigenvalue weighted by Gasteiger charge is 2.31. The van der Waals surface area contributed by atoms with Crippen LogP contribution in [0.4, 0.5) is 5.69 Å². The van der Waals surface area contributed by atoms with Crippen molar-refractivity contribution in [1.29, 1.82) is 0 Å². The molecule has 0 aromatic heterocycles. The molecule has 0 fully saturated rings. The number of sulfonamides is 1. The van der Waals surface area contributed by atoms with Crippen LogP contribution in [0.2, 0.25) is 10.0 Å². The summed E-state index contributed by atoms with van der Waals surface area (Å²) in [6.07, 6.45) is 1.03. The average Bonchev–Trinajstić information content (AvgIpc) is 2.57. The predicted octanol–water partition coefficient (Wildman–Crippen LogP) is 4.33. The number of carbonyl (C=O) groups is 1. The van der Waals surface area contributed by atoms with Crippen LogP contribution in [0.25, 0.3) is 0 Å². The summed E-state index contributed by atoms with van der Waals surface area (Å²) in [5.74, 6) is -0.440. The summed E-state index contributed by atoms with van der Waals surface area (Å²) in [6, 6.07) is 10.9. The first-order valence-corrected chi connectivity index (χ1v) is 10.9. The molecule has 1 amide bonds. The highest BCUT2D eigenvalue weighted by atomic mass is 35.5. The van der Waals surface area contributed by atoms with Crippen LogP contribution in [0.1, 0.15) is 31.0 Å². The number of hydrogen-bond acceptors (Lipinski definition) is 3. The fraction of sp³-hybridized carbons (Fsp3) is 0.316. The first-order chi connectivity index (χ1) is 12.5. The summed E-state index contributed by atoms with van der Waals surface area (Å²) in [4.78, 5) is 12.8. The first-order valence-electron chi connectivity index (χ1n) is 8.32. The molecule has 1 N–H and O–H groups in total. The van der Waals surface area contributed by atoms with Gasteiger partial charge in [-0.1, -0.05) is 53.0 Å². The molecule has 0 bridgehead atoms. The van der Waals surface area contributed by atoms with Crippen LogP contribution in [0.5, 0.6) is 0 Å². The lowest BCUT2D eigenvalue weighted by atomic mass is 10.1. The molecule has 0 saturated carbocycles. The van der Waals surface area contributed by atoms with E-state index in [1.165, 1.54) is 19.1 Å². The number of halogens is 2. The standard InChI is InChI=1S/C19H22Cl2N2O3S/c1-12-5-7-15(8-6-12)13(2)22-19(24)14(3)23(27(4,25)26)18-11-16(20)9-10-17(18)21/h5-11,13-14H,1-4H3,(H,22,24)/t13-,14+/m1/s1. The van der Waals surface area contributed by atoms with Crippen molar-refractivity contribution in [3.63, 3.8) is 0 Å². The maximum atomic E-state index is 12.8. The summed E-state index contributed by atoms with van der Waals surface area (Å²) in [5, 5.41) is 3.36. The van der Waals surface area contributed by atoms with Gasteiger partial charge in [0.15, 0.2) is 0 Å². The van der Waals surface area contributed by atoms with E-state index in [0.29, 0.717) is 5.02 Å². The van der Waals surface area contributed by atoms with Crippen LogP contribution in [0.15, 0.2) is 42.5 Å². The Morgan fingerprint density at radius 2 is 1.67 bits per heavy atom. The molecular weight excluding hydrogens is 407 g/mol. The molecule has 0 aliphatic rings. The third-order valence-electron chi connectivity index (χ3n) is 4.17. The van der Waals surface area contributed by atoms with Crippen LogP contribution in [-0.2, 0) is 14.8 Å². The van der Waals surface area contributed by atoms with Crippen molar-refractivity contribution in [2.45, 2.75) is 32.9 Å². The van der Waals surface area contributed by atoms with Gasteiger partial charge in [0.1, 0.15) is 6.04 Å². The van der Waals surface area contributed by atoms with Crippen molar-refractivity contribution < 1.29 is 13.2 Å². The quantitative estimate of drug-likeness (QED) is 0.743. The van der Waals surface area contributed by atoms with E-state index in [0.717, 1.165) is 21.7 Å². The zero-order valence-electron chi connectivity index (χ0n) is 15.5. The first kappa shape index (κ1) is 21.5. The Hall–Kier alpha value is -1.76. The van der Waals surface area contributed by atoms with E-state index < -0.39 is 22.0 Å². The van der Waals surface area contributed by atoms with Crippen molar-refractivity contribution in [2.75, 3.05) is 10.6 Å². The Morgan fingerprint density at radius 1 is 1.07 bits per heavy atom. The zero-order valence-corrected chi connectivity index (χ0v) is 17.9. The zero-order chi connectivity index (χ0) is 20.4. The van der Waals surface area contributed by atoms with E-state index in [-0.39, 0.29) is 16.8 Å². The number of aryl methyl sites for hydroxylation is 1. The number of carbonyl (C=O) groups excluding carboxylic acids is 1. The van der Waals surface area contributed by atoms with Gasteiger partial charge < -0.3 is 5.32 Å². The lowest BCUT2D eigenvalue weighted by Gasteiger charge is -2.30. The summed E-state index contributed by atoms with van der Waals surface area (Å²) >= 11 is 12.2. The maximum absolute atomic E-state index is 12.8. The van der Waals surface area contributed by atoms with Crippen molar-refractivity contribution in [3.05, 3.63) is 63.6 Å². The number of anilines is 1. The second-order valence-electron chi connectivity index (χ2n) is 6.47. The van der Waals surface area contributed by atoms with Gasteiger partial charge >= 0.3 is 0 Å². The van der Waals surface area contributed by atoms with Crippen molar-refractivity contribution in [1.82, 2.24) is 5.32 Å². The Labute approximate surface area is 170 Å². The normalized spacial score (nSPS) is 13.7. The third-order valence-corrected chi connectivity index (χ3v) is 5.95. The summed E-state index contributed by atoms with van der Waals surface area (Å²) in [5.41, 5.74) is 2.20. The number of rotatable bonds is 6. The predicted molar refractivity (Wildman–Crippen MR) is 111 cm³/mol.